The second kappa shape index (κ2) is 6.66. The Morgan fingerprint density at radius 2 is 2.12 bits per heavy atom. The molecule has 0 aliphatic carbocycles. The van der Waals surface area contributed by atoms with E-state index in [0.717, 1.165) is 0 Å². The van der Waals surface area contributed by atoms with Crippen LogP contribution in [0.2, 0.25) is 0 Å². The molecule has 0 radical (unpaired) electrons. The third-order valence-corrected chi connectivity index (χ3v) is 4.54. The number of carboxylic acid groups (broad SMARTS) is 1. The van der Waals surface area contributed by atoms with E-state index >= 15 is 0 Å². The monoisotopic (exact) mass is 334 g/mol. The summed E-state index contributed by atoms with van der Waals surface area (Å²) in [5, 5.41) is 30.0. The van der Waals surface area contributed by atoms with Crippen molar-refractivity contribution in [3.63, 3.8) is 0 Å². The summed E-state index contributed by atoms with van der Waals surface area (Å²) < 4.78 is 14.9. The Morgan fingerprint density at radius 3 is 2.79 bits per heavy atom. The molecule has 1 aliphatic heterocycles. The first-order valence-electron chi connectivity index (χ1n) is 7.79. The zero-order valence-corrected chi connectivity index (χ0v) is 13.1. The molecule has 8 heteroatoms. The smallest absolute Gasteiger partial charge is 0.310 e. The van der Waals surface area contributed by atoms with Crippen LogP contribution in [-0.4, -0.2) is 44.3 Å². The number of aliphatic carboxylic acids is 1. The van der Waals surface area contributed by atoms with E-state index in [1.807, 2.05) is 0 Å². The first kappa shape index (κ1) is 16.5. The van der Waals surface area contributed by atoms with Crippen LogP contribution in [0.3, 0.4) is 0 Å². The molecule has 2 aromatic rings. The van der Waals surface area contributed by atoms with Crippen LogP contribution in [0.15, 0.2) is 24.4 Å². The van der Waals surface area contributed by atoms with Crippen molar-refractivity contribution < 1.29 is 19.4 Å². The van der Waals surface area contributed by atoms with Gasteiger partial charge in [-0.25, -0.2) is 9.07 Å². The van der Waals surface area contributed by atoms with Crippen LogP contribution in [0, 0.1) is 11.2 Å². The molecule has 24 heavy (non-hydrogen) atoms. The number of halogens is 1. The highest BCUT2D eigenvalue weighted by molar-refractivity contribution is 5.75. The number of aliphatic hydroxyl groups excluding tert-OH is 1. The zero-order valence-electron chi connectivity index (χ0n) is 13.1. The van der Waals surface area contributed by atoms with Gasteiger partial charge in [0.25, 0.3) is 0 Å². The van der Waals surface area contributed by atoms with Crippen LogP contribution in [0.4, 0.5) is 4.39 Å². The molecule has 1 fully saturated rings. The number of hydrogen-bond acceptors (Lipinski definition) is 5. The maximum absolute atomic E-state index is 13.5. The number of benzene rings is 1. The van der Waals surface area contributed by atoms with Gasteiger partial charge < -0.3 is 15.5 Å². The van der Waals surface area contributed by atoms with Crippen LogP contribution in [0.1, 0.15) is 24.1 Å². The van der Waals surface area contributed by atoms with Gasteiger partial charge in [-0.3, -0.25) is 4.79 Å². The van der Waals surface area contributed by atoms with E-state index in [2.05, 4.69) is 15.6 Å². The van der Waals surface area contributed by atoms with Gasteiger partial charge in [0.15, 0.2) is 0 Å². The third kappa shape index (κ3) is 3.15. The van der Waals surface area contributed by atoms with Crippen molar-refractivity contribution in [1.82, 2.24) is 20.3 Å². The minimum atomic E-state index is -0.828. The number of hydrogen-bond donors (Lipinski definition) is 3. The van der Waals surface area contributed by atoms with Crippen molar-refractivity contribution in [3.05, 3.63) is 41.5 Å². The molecule has 1 saturated heterocycles. The Balaban J connectivity index is 1.84. The van der Waals surface area contributed by atoms with Gasteiger partial charge >= 0.3 is 5.97 Å². The van der Waals surface area contributed by atoms with E-state index < -0.39 is 23.8 Å². The van der Waals surface area contributed by atoms with Crippen LogP contribution in [0.25, 0.3) is 5.69 Å². The fraction of sp³-hybridized carbons (Fsp3) is 0.438. The first-order valence-corrected chi connectivity index (χ1v) is 7.79. The molecule has 0 bridgehead atoms. The van der Waals surface area contributed by atoms with E-state index in [4.69, 9.17) is 5.11 Å². The van der Waals surface area contributed by atoms with Crippen LogP contribution < -0.4 is 5.32 Å². The van der Waals surface area contributed by atoms with Crippen LogP contribution in [0.5, 0.6) is 0 Å². The quantitative estimate of drug-likeness (QED) is 0.751. The maximum atomic E-state index is 13.5. The van der Waals surface area contributed by atoms with E-state index in [1.165, 1.54) is 22.9 Å². The van der Waals surface area contributed by atoms with Crippen molar-refractivity contribution in [3.8, 4) is 5.69 Å². The average molecular weight is 334 g/mol. The molecule has 128 valence electrons. The minimum Gasteiger partial charge on any atom is -0.481 e. The molecule has 0 saturated carbocycles. The Kier molecular flexibility index (Phi) is 4.59. The maximum Gasteiger partial charge on any atom is 0.310 e. The normalized spacial score (nSPS) is 16.9. The summed E-state index contributed by atoms with van der Waals surface area (Å²) in [4.78, 5) is 11.7. The summed E-state index contributed by atoms with van der Waals surface area (Å²) in [7, 11) is 0. The SMILES string of the molecule is O=C(O)C1(Cc2cn(-c3ccc(F)c(CO)c3)nn2)CCNCC1. The minimum absolute atomic E-state index is 0.171. The lowest BCUT2D eigenvalue weighted by Crippen LogP contribution is -2.43. The van der Waals surface area contributed by atoms with Crippen molar-refractivity contribution in [2.75, 3.05) is 13.1 Å². The topological polar surface area (TPSA) is 100 Å². The Bertz CT molecular complexity index is 741. The summed E-state index contributed by atoms with van der Waals surface area (Å²) >= 11 is 0. The molecule has 0 atom stereocenters. The first-order chi connectivity index (χ1) is 11.5. The fourth-order valence-corrected chi connectivity index (χ4v) is 3.05. The number of nitrogens with one attached hydrogen (secondary N) is 1. The molecule has 1 aromatic carbocycles. The standard InChI is InChI=1S/C16H19FN4O3/c17-14-2-1-13(7-11(14)10-22)21-9-12(19-20-21)8-16(15(23)24)3-5-18-6-4-16/h1-2,7,9,18,22H,3-6,8,10H2,(H,23,24). The van der Waals surface area contributed by atoms with Crippen LogP contribution >= 0.6 is 0 Å². The number of carboxylic acids is 1. The number of carbonyl (C=O) groups is 1. The lowest BCUT2D eigenvalue weighted by molar-refractivity contribution is -0.150. The highest BCUT2D eigenvalue weighted by atomic mass is 19.1. The number of piperidine rings is 1. The highest BCUT2D eigenvalue weighted by Crippen LogP contribution is 2.32. The van der Waals surface area contributed by atoms with Crippen molar-refractivity contribution in [1.29, 1.82) is 0 Å². The average Bonchev–Trinajstić information content (AvgIpc) is 3.04. The van der Waals surface area contributed by atoms with Crippen molar-refractivity contribution >= 4 is 5.97 Å². The predicted molar refractivity (Wildman–Crippen MR) is 83.1 cm³/mol. The zero-order chi connectivity index (χ0) is 17.2. The molecular formula is C16H19FN4O3. The lowest BCUT2D eigenvalue weighted by atomic mass is 9.75. The van der Waals surface area contributed by atoms with Gasteiger partial charge in [0.2, 0.25) is 0 Å². The Labute approximate surface area is 138 Å². The summed E-state index contributed by atoms with van der Waals surface area (Å²) in [6, 6.07) is 4.28. The number of nitrogens with zero attached hydrogens (tertiary/aromatic N) is 3. The van der Waals surface area contributed by atoms with Gasteiger partial charge in [-0.05, 0) is 44.1 Å². The number of aliphatic hydroxyl groups is 1. The molecule has 1 aromatic heterocycles. The van der Waals surface area contributed by atoms with Crippen LogP contribution in [-0.2, 0) is 17.8 Å². The van der Waals surface area contributed by atoms with Gasteiger partial charge in [-0.15, -0.1) is 5.10 Å². The van der Waals surface area contributed by atoms with Crippen molar-refractivity contribution in [2.24, 2.45) is 5.41 Å². The summed E-state index contributed by atoms with van der Waals surface area (Å²) in [5.41, 5.74) is 0.485. The molecule has 3 rings (SSSR count). The van der Waals surface area contributed by atoms with Crippen molar-refractivity contribution in [2.45, 2.75) is 25.9 Å². The second-order valence-electron chi connectivity index (χ2n) is 6.10. The molecule has 7 nitrogen and oxygen atoms in total. The van der Waals surface area contributed by atoms with Gasteiger partial charge in [-0.1, -0.05) is 5.21 Å². The number of rotatable bonds is 5. The summed E-state index contributed by atoms with van der Waals surface area (Å²) in [5.74, 6) is -1.30. The predicted octanol–water partition coefficient (Wildman–Crippen LogP) is 0.896. The largest absolute Gasteiger partial charge is 0.481 e. The number of aromatic nitrogens is 3. The molecule has 0 spiro atoms. The molecular weight excluding hydrogens is 315 g/mol. The Morgan fingerprint density at radius 1 is 1.38 bits per heavy atom. The van der Waals surface area contributed by atoms with Gasteiger partial charge in [0.1, 0.15) is 5.82 Å². The summed E-state index contributed by atoms with van der Waals surface area (Å²) in [6.45, 7) is 0.923. The fourth-order valence-electron chi connectivity index (χ4n) is 3.05. The van der Waals surface area contributed by atoms with E-state index in [9.17, 15) is 14.3 Å². The molecule has 3 N–H and O–H groups in total. The van der Waals surface area contributed by atoms with Gasteiger partial charge in [0, 0.05) is 12.0 Å². The summed E-state index contributed by atoms with van der Waals surface area (Å²) in [6.07, 6.45) is 3.04. The third-order valence-electron chi connectivity index (χ3n) is 4.54. The highest BCUT2D eigenvalue weighted by Gasteiger charge is 2.40. The van der Waals surface area contributed by atoms with E-state index in [-0.39, 0.29) is 5.56 Å². The molecule has 0 amide bonds. The second-order valence-corrected chi connectivity index (χ2v) is 6.10. The van der Waals surface area contributed by atoms with E-state index in [1.54, 1.807) is 6.20 Å². The molecule has 0 unspecified atom stereocenters. The molecule has 1 aliphatic rings. The Hall–Kier alpha value is -2.32. The molecule has 2 heterocycles. The van der Waals surface area contributed by atoms with Gasteiger partial charge in [-0.2, -0.15) is 0 Å². The lowest BCUT2D eigenvalue weighted by Gasteiger charge is -2.32. The van der Waals surface area contributed by atoms with Gasteiger partial charge in [0.05, 0.1) is 29.6 Å². The van der Waals surface area contributed by atoms with E-state index in [0.29, 0.717) is 43.7 Å².